The van der Waals surface area contributed by atoms with Crippen molar-refractivity contribution in [2.24, 2.45) is 5.92 Å². The third kappa shape index (κ3) is 5.41. The maximum absolute atomic E-state index is 13.6. The highest BCUT2D eigenvalue weighted by Crippen LogP contribution is 2.30. The van der Waals surface area contributed by atoms with Crippen molar-refractivity contribution in [2.45, 2.75) is 69.6 Å². The Bertz CT molecular complexity index is 838. The van der Waals surface area contributed by atoms with E-state index in [1.165, 1.54) is 4.90 Å². The summed E-state index contributed by atoms with van der Waals surface area (Å²) in [7, 11) is 0. The van der Waals surface area contributed by atoms with E-state index in [4.69, 9.17) is 9.47 Å². The molecule has 0 unspecified atom stereocenters. The number of benzene rings is 1. The first-order valence-electron chi connectivity index (χ1n) is 11.7. The zero-order valence-corrected chi connectivity index (χ0v) is 18.3. The fraction of sp³-hybridized carbons (Fsp3) is 0.625. The van der Waals surface area contributed by atoms with Gasteiger partial charge in [-0.2, -0.15) is 0 Å². The summed E-state index contributed by atoms with van der Waals surface area (Å²) in [5.74, 6) is -0.858. The fourth-order valence-corrected chi connectivity index (χ4v) is 5.08. The van der Waals surface area contributed by atoms with Crippen molar-refractivity contribution in [3.05, 3.63) is 29.8 Å². The van der Waals surface area contributed by atoms with Crippen LogP contribution in [0.25, 0.3) is 0 Å². The van der Waals surface area contributed by atoms with Crippen molar-refractivity contribution < 1.29 is 29.0 Å². The lowest BCUT2D eigenvalue weighted by Gasteiger charge is -2.34. The maximum Gasteiger partial charge on any atom is 0.326 e. The van der Waals surface area contributed by atoms with Gasteiger partial charge in [0.1, 0.15) is 17.8 Å². The number of nitrogens with one attached hydrogen (secondary N) is 1. The van der Waals surface area contributed by atoms with Crippen molar-refractivity contribution in [3.8, 4) is 5.75 Å². The molecular formula is C24H32N2O6. The largest absolute Gasteiger partial charge is 0.493 e. The van der Waals surface area contributed by atoms with E-state index in [2.05, 4.69) is 5.32 Å². The van der Waals surface area contributed by atoms with Gasteiger partial charge in [-0.25, -0.2) is 4.79 Å². The summed E-state index contributed by atoms with van der Waals surface area (Å²) in [4.78, 5) is 39.9. The molecule has 32 heavy (non-hydrogen) atoms. The standard InChI is InChI=1S/C24H32N2O6/c27-21-13-16-6-4-9-18(12-16)31-10-5-11-32-19-14-20(24(29)30)26(15-19)23(28)22(25-21)17-7-2-1-3-8-17/h4,6,9,12,17,19-20,22H,1-3,5,7-8,10-11,13-15H2,(H,25,27)(H,29,30)/t19-,20+,22+/m1/s1. The van der Waals surface area contributed by atoms with Crippen LogP contribution in [-0.2, 0) is 25.5 Å². The van der Waals surface area contributed by atoms with Gasteiger partial charge < -0.3 is 24.8 Å². The van der Waals surface area contributed by atoms with Gasteiger partial charge in [-0.05, 0) is 36.5 Å². The Morgan fingerprint density at radius 3 is 2.69 bits per heavy atom. The number of carboxylic acids is 1. The number of hydrogen-bond acceptors (Lipinski definition) is 5. The van der Waals surface area contributed by atoms with E-state index < -0.39 is 18.1 Å². The van der Waals surface area contributed by atoms with Crippen molar-refractivity contribution in [1.29, 1.82) is 0 Å². The van der Waals surface area contributed by atoms with Crippen LogP contribution >= 0.6 is 0 Å². The van der Waals surface area contributed by atoms with E-state index in [0.717, 1.165) is 37.7 Å². The highest BCUT2D eigenvalue weighted by Gasteiger charge is 2.44. The van der Waals surface area contributed by atoms with Crippen molar-refractivity contribution in [1.82, 2.24) is 10.2 Å². The lowest BCUT2D eigenvalue weighted by molar-refractivity contribution is -0.150. The molecule has 2 heterocycles. The van der Waals surface area contributed by atoms with E-state index in [-0.39, 0.29) is 43.2 Å². The highest BCUT2D eigenvalue weighted by atomic mass is 16.5. The summed E-state index contributed by atoms with van der Waals surface area (Å²) in [6.07, 6.45) is 5.56. The topological polar surface area (TPSA) is 105 Å². The van der Waals surface area contributed by atoms with Crippen LogP contribution in [0.1, 0.15) is 50.5 Å². The van der Waals surface area contributed by atoms with Crippen LogP contribution in [0.2, 0.25) is 0 Å². The second kappa shape index (κ2) is 10.3. The summed E-state index contributed by atoms with van der Waals surface area (Å²) in [5.41, 5.74) is 0.808. The Hall–Kier alpha value is -2.61. The zero-order chi connectivity index (χ0) is 22.5. The third-order valence-electron chi connectivity index (χ3n) is 6.71. The molecule has 4 bridgehead atoms. The molecule has 2 aliphatic heterocycles. The Labute approximate surface area is 188 Å². The van der Waals surface area contributed by atoms with Gasteiger partial charge in [0.25, 0.3) is 0 Å². The summed E-state index contributed by atoms with van der Waals surface area (Å²) < 4.78 is 11.7. The molecule has 1 aromatic carbocycles. The number of hydrogen-bond donors (Lipinski definition) is 2. The Morgan fingerprint density at radius 1 is 1.09 bits per heavy atom. The first-order valence-corrected chi connectivity index (χ1v) is 11.7. The summed E-state index contributed by atoms with van der Waals surface area (Å²) in [5, 5.41) is 12.7. The number of ether oxygens (including phenoxy) is 2. The molecule has 2 amide bonds. The molecule has 3 atom stereocenters. The van der Waals surface area contributed by atoms with Gasteiger partial charge >= 0.3 is 5.97 Å². The molecule has 2 fully saturated rings. The molecule has 1 aliphatic carbocycles. The molecule has 4 rings (SSSR count). The molecule has 3 aliphatic rings. The van der Waals surface area contributed by atoms with E-state index in [1.807, 2.05) is 24.3 Å². The van der Waals surface area contributed by atoms with Crippen LogP contribution < -0.4 is 10.1 Å². The van der Waals surface area contributed by atoms with Crippen LogP contribution in [0.5, 0.6) is 5.75 Å². The number of carboxylic acid groups (broad SMARTS) is 1. The quantitative estimate of drug-likeness (QED) is 0.724. The van der Waals surface area contributed by atoms with Crippen LogP contribution in [0.3, 0.4) is 0 Å². The van der Waals surface area contributed by atoms with Crippen LogP contribution in [0.15, 0.2) is 24.3 Å². The molecule has 0 radical (unpaired) electrons. The maximum atomic E-state index is 13.6. The number of fused-ring (bicyclic) bond motifs is 4. The molecule has 0 spiro atoms. The normalized spacial score (nSPS) is 28.1. The highest BCUT2D eigenvalue weighted by molar-refractivity contribution is 5.91. The first kappa shape index (κ1) is 22.6. The third-order valence-corrected chi connectivity index (χ3v) is 6.71. The Kier molecular flexibility index (Phi) is 7.29. The van der Waals surface area contributed by atoms with Gasteiger partial charge in [0.2, 0.25) is 11.8 Å². The predicted octanol–water partition coefficient (Wildman–Crippen LogP) is 2.15. The monoisotopic (exact) mass is 444 g/mol. The van der Waals surface area contributed by atoms with Gasteiger partial charge in [0, 0.05) is 19.4 Å². The van der Waals surface area contributed by atoms with Crippen molar-refractivity contribution in [2.75, 3.05) is 19.8 Å². The van der Waals surface area contributed by atoms with Crippen LogP contribution in [0, 0.1) is 5.92 Å². The Balaban J connectivity index is 1.60. The number of rotatable bonds is 2. The summed E-state index contributed by atoms with van der Waals surface area (Å²) in [6.45, 7) is 1.12. The molecule has 1 saturated carbocycles. The van der Waals surface area contributed by atoms with Gasteiger partial charge in [-0.3, -0.25) is 9.59 Å². The average molecular weight is 445 g/mol. The summed E-state index contributed by atoms with van der Waals surface area (Å²) in [6, 6.07) is 5.77. The first-order chi connectivity index (χ1) is 15.5. The number of aliphatic carboxylic acids is 1. The van der Waals surface area contributed by atoms with Crippen LogP contribution in [-0.4, -0.2) is 65.7 Å². The molecule has 0 aromatic heterocycles. The molecular weight excluding hydrogens is 412 g/mol. The second-order valence-electron chi connectivity index (χ2n) is 9.04. The minimum atomic E-state index is -1.03. The second-order valence-corrected chi connectivity index (χ2v) is 9.04. The molecule has 8 nitrogen and oxygen atoms in total. The molecule has 2 N–H and O–H groups in total. The van der Waals surface area contributed by atoms with Gasteiger partial charge in [0.05, 0.1) is 25.7 Å². The SMILES string of the molecule is O=C1Cc2cccc(c2)OCCCO[C@@H]2C[C@@H](C(=O)O)N(C2)C(=O)[C@H](C2CCCCC2)N1. The van der Waals surface area contributed by atoms with E-state index in [0.29, 0.717) is 25.4 Å². The predicted molar refractivity (Wildman–Crippen MR) is 116 cm³/mol. The van der Waals surface area contributed by atoms with Crippen molar-refractivity contribution >= 4 is 17.8 Å². The van der Waals surface area contributed by atoms with Crippen molar-refractivity contribution in [3.63, 3.8) is 0 Å². The summed E-state index contributed by atoms with van der Waals surface area (Å²) >= 11 is 0. The van der Waals surface area contributed by atoms with E-state index in [9.17, 15) is 19.5 Å². The van der Waals surface area contributed by atoms with E-state index >= 15 is 0 Å². The fourth-order valence-electron chi connectivity index (χ4n) is 5.08. The number of amides is 2. The van der Waals surface area contributed by atoms with Gasteiger partial charge in [-0.1, -0.05) is 31.4 Å². The van der Waals surface area contributed by atoms with Gasteiger partial charge in [0.15, 0.2) is 0 Å². The number of carbonyl (C=O) groups is 3. The van der Waals surface area contributed by atoms with Gasteiger partial charge in [-0.15, -0.1) is 0 Å². The molecule has 1 saturated heterocycles. The zero-order valence-electron chi connectivity index (χ0n) is 18.3. The number of carbonyl (C=O) groups excluding carboxylic acids is 2. The smallest absolute Gasteiger partial charge is 0.326 e. The van der Waals surface area contributed by atoms with E-state index in [1.54, 1.807) is 0 Å². The minimum Gasteiger partial charge on any atom is -0.493 e. The van der Waals surface area contributed by atoms with Crippen LogP contribution in [0.4, 0.5) is 0 Å². The lowest BCUT2D eigenvalue weighted by Crippen LogP contribution is -2.55. The number of nitrogens with zero attached hydrogens (tertiary/aromatic N) is 1. The molecule has 8 heteroatoms. The average Bonchev–Trinajstić information content (AvgIpc) is 3.22. The lowest BCUT2D eigenvalue weighted by atomic mass is 9.83. The molecule has 174 valence electrons. The minimum absolute atomic E-state index is 0.0168. The Morgan fingerprint density at radius 2 is 1.91 bits per heavy atom. The molecule has 1 aromatic rings.